The largest absolute Gasteiger partial charge is 0.503 e. The van der Waals surface area contributed by atoms with Gasteiger partial charge in [0, 0.05) is 11.6 Å². The molecule has 0 aliphatic carbocycles. The summed E-state index contributed by atoms with van der Waals surface area (Å²) in [7, 11) is 0. The third-order valence-corrected chi connectivity index (χ3v) is 3.90. The maximum absolute atomic E-state index is 11.9. The summed E-state index contributed by atoms with van der Waals surface area (Å²) in [4.78, 5) is 22.4. The number of nitro groups is 1. The minimum atomic E-state index is -0.533. The molecule has 9 heteroatoms. The molecule has 0 unspecified atom stereocenters. The molecule has 2 aromatic carbocycles. The van der Waals surface area contributed by atoms with Crippen LogP contribution in [0.4, 0.5) is 5.69 Å². The number of para-hydroxylation sites is 1. The summed E-state index contributed by atoms with van der Waals surface area (Å²) in [6, 6.07) is 9.21. The Morgan fingerprint density at radius 3 is 2.85 bits per heavy atom. The van der Waals surface area contributed by atoms with Crippen LogP contribution in [-0.4, -0.2) is 28.8 Å². The number of rotatable bonds is 7. The van der Waals surface area contributed by atoms with Gasteiger partial charge in [-0.1, -0.05) is 18.2 Å². The molecule has 0 aliphatic heterocycles. The maximum atomic E-state index is 11.9. The molecule has 8 nitrogen and oxygen atoms in total. The molecule has 0 saturated heterocycles. The molecule has 0 saturated carbocycles. The number of carbonyl (C=O) groups excluding carboxylic acids is 1. The number of ether oxygens (including phenoxy) is 1. The van der Waals surface area contributed by atoms with Crippen molar-refractivity contribution in [3.8, 4) is 11.5 Å². The number of nitrogens with one attached hydrogen (secondary N) is 1. The highest BCUT2D eigenvalue weighted by Gasteiger charge is 2.15. The Morgan fingerprint density at radius 1 is 1.42 bits per heavy atom. The average molecular weight is 422 g/mol. The summed E-state index contributed by atoms with van der Waals surface area (Å²) >= 11 is 3.21. The normalized spacial score (nSPS) is 10.7. The highest BCUT2D eigenvalue weighted by atomic mass is 79.9. The maximum Gasteiger partial charge on any atom is 0.273 e. The number of hydrogen-bond acceptors (Lipinski definition) is 6. The molecule has 2 N–H and O–H groups in total. The Kier molecular flexibility index (Phi) is 6.67. The molecule has 136 valence electrons. The second-order valence-corrected chi connectivity index (χ2v) is 5.99. The first kappa shape index (κ1) is 19.4. The van der Waals surface area contributed by atoms with Crippen molar-refractivity contribution in [2.75, 3.05) is 6.61 Å². The minimum absolute atomic E-state index is 0.0237. The number of halogens is 1. The van der Waals surface area contributed by atoms with E-state index in [4.69, 9.17) is 4.74 Å². The van der Waals surface area contributed by atoms with Gasteiger partial charge in [0.05, 0.1) is 28.6 Å². The summed E-state index contributed by atoms with van der Waals surface area (Å²) in [5.74, 6) is -0.225. The van der Waals surface area contributed by atoms with Gasteiger partial charge in [-0.15, -0.1) is 0 Å². The molecule has 0 bridgehead atoms. The van der Waals surface area contributed by atoms with Gasteiger partial charge in [-0.05, 0) is 40.5 Å². The minimum Gasteiger partial charge on any atom is -0.503 e. The molecule has 0 radical (unpaired) electrons. The van der Waals surface area contributed by atoms with Gasteiger partial charge in [-0.25, -0.2) is 5.43 Å². The summed E-state index contributed by atoms with van der Waals surface area (Å²) in [6.45, 7) is 2.17. The van der Waals surface area contributed by atoms with Gasteiger partial charge in [0.15, 0.2) is 11.5 Å². The molecule has 2 rings (SSSR count). The van der Waals surface area contributed by atoms with E-state index in [1.165, 1.54) is 24.4 Å². The molecular formula is C17H16BrN3O5. The second kappa shape index (κ2) is 8.95. The lowest BCUT2D eigenvalue weighted by Crippen LogP contribution is -2.20. The number of amides is 1. The number of nitrogens with zero attached hydrogens (tertiary/aromatic N) is 2. The average Bonchev–Trinajstić information content (AvgIpc) is 2.59. The van der Waals surface area contributed by atoms with Crippen LogP contribution in [0.2, 0.25) is 0 Å². The van der Waals surface area contributed by atoms with Crippen molar-refractivity contribution < 1.29 is 19.6 Å². The highest BCUT2D eigenvalue weighted by Crippen LogP contribution is 2.35. The number of nitro benzene ring substituents is 1. The van der Waals surface area contributed by atoms with Crippen LogP contribution >= 0.6 is 15.9 Å². The molecule has 26 heavy (non-hydrogen) atoms. The predicted molar refractivity (Wildman–Crippen MR) is 99.5 cm³/mol. The van der Waals surface area contributed by atoms with Gasteiger partial charge >= 0.3 is 0 Å². The van der Waals surface area contributed by atoms with Gasteiger partial charge in [0.1, 0.15) is 0 Å². The number of phenolic OH excluding ortho intramolecular Hbond substituents is 1. The Balaban J connectivity index is 2.05. The molecular weight excluding hydrogens is 406 g/mol. The topological polar surface area (TPSA) is 114 Å². The Hall–Kier alpha value is -2.94. The van der Waals surface area contributed by atoms with E-state index >= 15 is 0 Å². The van der Waals surface area contributed by atoms with Crippen LogP contribution in [-0.2, 0) is 11.2 Å². The Morgan fingerprint density at radius 2 is 2.15 bits per heavy atom. The van der Waals surface area contributed by atoms with E-state index in [0.717, 1.165) is 0 Å². The monoisotopic (exact) mass is 421 g/mol. The number of phenols is 1. The zero-order chi connectivity index (χ0) is 19.1. The number of benzene rings is 2. The van der Waals surface area contributed by atoms with Crippen LogP contribution in [0.15, 0.2) is 46.0 Å². The second-order valence-electron chi connectivity index (χ2n) is 5.14. The van der Waals surface area contributed by atoms with Gasteiger partial charge in [-0.3, -0.25) is 14.9 Å². The van der Waals surface area contributed by atoms with E-state index in [1.807, 2.05) is 0 Å². The lowest BCUT2D eigenvalue weighted by molar-refractivity contribution is -0.385. The first-order valence-corrected chi connectivity index (χ1v) is 8.41. The van der Waals surface area contributed by atoms with Crippen molar-refractivity contribution >= 4 is 33.7 Å². The fourth-order valence-electron chi connectivity index (χ4n) is 2.16. The Bertz CT molecular complexity index is 854. The van der Waals surface area contributed by atoms with Gasteiger partial charge in [0.2, 0.25) is 5.91 Å². The van der Waals surface area contributed by atoms with Gasteiger partial charge in [0.25, 0.3) is 5.69 Å². The number of carbonyl (C=O) groups is 1. The lowest BCUT2D eigenvalue weighted by atomic mass is 10.1. The van der Waals surface area contributed by atoms with E-state index < -0.39 is 10.8 Å². The lowest BCUT2D eigenvalue weighted by Gasteiger charge is -2.08. The van der Waals surface area contributed by atoms with E-state index in [0.29, 0.717) is 22.2 Å². The molecule has 0 spiro atoms. The third-order valence-electron chi connectivity index (χ3n) is 3.29. The molecule has 0 fully saturated rings. The fraction of sp³-hybridized carbons (Fsp3) is 0.176. The van der Waals surface area contributed by atoms with Crippen LogP contribution < -0.4 is 10.2 Å². The summed E-state index contributed by atoms with van der Waals surface area (Å²) < 4.78 is 5.73. The standard InChI is InChI=1S/C17H16BrN3O5/c1-2-26-15-8-11(7-13(18)17(15)23)10-19-20-16(22)9-12-5-3-4-6-14(12)21(24)25/h3-8,10,23H,2,9H2,1H3,(H,20,22)/b19-10+. The zero-order valence-corrected chi connectivity index (χ0v) is 15.4. The van der Waals surface area contributed by atoms with Crippen molar-refractivity contribution in [2.45, 2.75) is 13.3 Å². The highest BCUT2D eigenvalue weighted by molar-refractivity contribution is 9.10. The number of hydrogen-bond donors (Lipinski definition) is 2. The molecule has 0 heterocycles. The summed E-state index contributed by atoms with van der Waals surface area (Å²) in [5, 5.41) is 24.6. The fourth-order valence-corrected chi connectivity index (χ4v) is 2.62. The first-order valence-electron chi connectivity index (χ1n) is 7.62. The van der Waals surface area contributed by atoms with Gasteiger partial charge in [-0.2, -0.15) is 5.10 Å². The predicted octanol–water partition coefficient (Wildman–Crippen LogP) is 3.15. The Labute approximate surface area is 157 Å². The van der Waals surface area contributed by atoms with Crippen molar-refractivity contribution in [2.24, 2.45) is 5.10 Å². The van der Waals surface area contributed by atoms with E-state index in [1.54, 1.807) is 25.1 Å². The van der Waals surface area contributed by atoms with Crippen molar-refractivity contribution in [1.82, 2.24) is 5.43 Å². The van der Waals surface area contributed by atoms with Gasteiger partial charge < -0.3 is 9.84 Å². The number of hydrazone groups is 1. The van der Waals surface area contributed by atoms with Crippen molar-refractivity contribution in [3.63, 3.8) is 0 Å². The molecule has 1 amide bonds. The van der Waals surface area contributed by atoms with Crippen LogP contribution in [0.25, 0.3) is 0 Å². The van der Waals surface area contributed by atoms with Crippen LogP contribution in [0.5, 0.6) is 11.5 Å². The molecule has 0 atom stereocenters. The summed E-state index contributed by atoms with van der Waals surface area (Å²) in [5.41, 5.74) is 3.09. The molecule has 2 aromatic rings. The van der Waals surface area contributed by atoms with Crippen LogP contribution in [0.3, 0.4) is 0 Å². The zero-order valence-electron chi connectivity index (χ0n) is 13.8. The van der Waals surface area contributed by atoms with Crippen LogP contribution in [0.1, 0.15) is 18.1 Å². The molecule has 0 aromatic heterocycles. The van der Waals surface area contributed by atoms with Crippen molar-refractivity contribution in [1.29, 1.82) is 0 Å². The smallest absolute Gasteiger partial charge is 0.273 e. The van der Waals surface area contributed by atoms with Crippen molar-refractivity contribution in [3.05, 3.63) is 62.1 Å². The van der Waals surface area contributed by atoms with Crippen LogP contribution in [0, 0.1) is 10.1 Å². The quantitative estimate of drug-likeness (QED) is 0.404. The number of aromatic hydroxyl groups is 1. The SMILES string of the molecule is CCOc1cc(/C=N/NC(=O)Cc2ccccc2[N+](=O)[O-])cc(Br)c1O. The van der Waals surface area contributed by atoms with E-state index in [-0.39, 0.29) is 23.6 Å². The molecule has 0 aliphatic rings. The third kappa shape index (κ3) is 5.03. The van der Waals surface area contributed by atoms with E-state index in [9.17, 15) is 20.0 Å². The van der Waals surface area contributed by atoms with E-state index in [2.05, 4.69) is 26.5 Å². The summed E-state index contributed by atoms with van der Waals surface area (Å²) in [6.07, 6.45) is 1.21. The first-order chi connectivity index (χ1) is 12.4.